The number of Topliss-reactive ketones (excluding diaryl/α,β-unsaturated/α-hetero) is 1. The maximum atomic E-state index is 12.5. The summed E-state index contributed by atoms with van der Waals surface area (Å²) in [6, 6.07) is 12.8. The van der Waals surface area contributed by atoms with Crippen LogP contribution in [0.5, 0.6) is 0 Å². The Morgan fingerprint density at radius 3 is 2.38 bits per heavy atom. The molecule has 3 rings (SSSR count). The summed E-state index contributed by atoms with van der Waals surface area (Å²) in [4.78, 5) is 28.4. The number of aryl methyl sites for hydroxylation is 1. The van der Waals surface area contributed by atoms with Crippen LogP contribution in [-0.4, -0.2) is 27.9 Å². The molecule has 0 aliphatic rings. The quantitative estimate of drug-likeness (QED) is 0.463. The summed E-state index contributed by atoms with van der Waals surface area (Å²) in [7, 11) is 0. The van der Waals surface area contributed by atoms with Gasteiger partial charge < -0.3 is 9.30 Å². The Balaban J connectivity index is 1.77. The molecule has 0 unspecified atom stereocenters. The van der Waals surface area contributed by atoms with Crippen LogP contribution in [-0.2, 0) is 4.74 Å². The van der Waals surface area contributed by atoms with E-state index in [4.69, 9.17) is 4.74 Å². The van der Waals surface area contributed by atoms with Gasteiger partial charge >= 0.3 is 5.97 Å². The third-order valence-corrected chi connectivity index (χ3v) is 4.60. The fourth-order valence-electron chi connectivity index (χ4n) is 2.81. The van der Waals surface area contributed by atoms with E-state index in [2.05, 4.69) is 20.9 Å². The summed E-state index contributed by atoms with van der Waals surface area (Å²) in [5.41, 5.74) is 3.64. The van der Waals surface area contributed by atoms with E-state index in [0.717, 1.165) is 21.5 Å². The molecule has 0 aliphatic carbocycles. The number of carbonyl (C=O) groups excluding carboxylic acids is 2. The van der Waals surface area contributed by atoms with Crippen LogP contribution in [0.3, 0.4) is 0 Å². The van der Waals surface area contributed by atoms with E-state index in [1.54, 1.807) is 12.1 Å². The van der Waals surface area contributed by atoms with Gasteiger partial charge in [-0.2, -0.15) is 0 Å². The van der Waals surface area contributed by atoms with E-state index in [0.29, 0.717) is 11.1 Å². The molecule has 1 aromatic carbocycles. The zero-order valence-electron chi connectivity index (χ0n) is 14.4. The van der Waals surface area contributed by atoms with Crippen molar-refractivity contribution in [1.29, 1.82) is 0 Å². The monoisotopic (exact) mass is 412 g/mol. The highest BCUT2D eigenvalue weighted by atomic mass is 79.9. The Morgan fingerprint density at radius 2 is 1.73 bits per heavy atom. The number of benzene rings is 1. The van der Waals surface area contributed by atoms with Crippen LogP contribution in [0.1, 0.15) is 32.1 Å². The summed E-state index contributed by atoms with van der Waals surface area (Å²) in [5.74, 6) is -0.772. The van der Waals surface area contributed by atoms with E-state index >= 15 is 0 Å². The lowest BCUT2D eigenvalue weighted by atomic mass is 10.1. The number of ketones is 1. The number of hydrogen-bond acceptors (Lipinski definition) is 4. The van der Waals surface area contributed by atoms with Gasteiger partial charge in [0.2, 0.25) is 5.78 Å². The van der Waals surface area contributed by atoms with Gasteiger partial charge in [-0.25, -0.2) is 4.79 Å². The first-order valence-corrected chi connectivity index (χ1v) is 8.82. The van der Waals surface area contributed by atoms with Gasteiger partial charge in [-0.1, -0.05) is 15.9 Å². The van der Waals surface area contributed by atoms with Crippen molar-refractivity contribution in [2.75, 3.05) is 6.61 Å². The van der Waals surface area contributed by atoms with Crippen molar-refractivity contribution in [3.8, 4) is 5.69 Å². The molecule has 0 N–H and O–H groups in total. The van der Waals surface area contributed by atoms with E-state index in [1.807, 2.05) is 48.7 Å². The molecular weight excluding hydrogens is 396 g/mol. The van der Waals surface area contributed by atoms with Gasteiger partial charge in [0.1, 0.15) is 0 Å². The molecule has 0 radical (unpaired) electrons. The zero-order chi connectivity index (χ0) is 18.7. The predicted octanol–water partition coefficient (Wildman–Crippen LogP) is 4.29. The van der Waals surface area contributed by atoms with Crippen LogP contribution >= 0.6 is 15.9 Å². The lowest BCUT2D eigenvalue weighted by molar-refractivity contribution is 0.0474. The normalized spacial score (nSPS) is 10.6. The minimum absolute atomic E-state index is 0.233. The van der Waals surface area contributed by atoms with Crippen LogP contribution in [0.15, 0.2) is 59.3 Å². The molecule has 0 saturated heterocycles. The molecule has 0 atom stereocenters. The minimum Gasteiger partial charge on any atom is -0.454 e. The molecule has 0 aliphatic heterocycles. The van der Waals surface area contributed by atoms with E-state index in [-0.39, 0.29) is 12.4 Å². The molecule has 3 aromatic rings. The Hall–Kier alpha value is -2.73. The number of carbonyl (C=O) groups is 2. The van der Waals surface area contributed by atoms with Gasteiger partial charge in [0, 0.05) is 39.5 Å². The zero-order valence-corrected chi connectivity index (χ0v) is 16.0. The Labute approximate surface area is 159 Å². The molecule has 0 bridgehead atoms. The number of ether oxygens (including phenoxy) is 1. The largest absolute Gasteiger partial charge is 0.454 e. The van der Waals surface area contributed by atoms with Crippen LogP contribution in [0.2, 0.25) is 0 Å². The summed E-state index contributed by atoms with van der Waals surface area (Å²) >= 11 is 3.42. The lowest BCUT2D eigenvalue weighted by Gasteiger charge is -2.10. The number of hydrogen-bond donors (Lipinski definition) is 0. The van der Waals surface area contributed by atoms with Crippen LogP contribution < -0.4 is 0 Å². The first-order chi connectivity index (χ1) is 12.5. The van der Waals surface area contributed by atoms with Crippen molar-refractivity contribution in [3.05, 3.63) is 81.8 Å². The van der Waals surface area contributed by atoms with Crippen molar-refractivity contribution in [1.82, 2.24) is 9.55 Å². The average Bonchev–Trinajstić information content (AvgIpc) is 2.95. The highest BCUT2D eigenvalue weighted by Gasteiger charge is 2.18. The second kappa shape index (κ2) is 7.66. The van der Waals surface area contributed by atoms with Crippen LogP contribution in [0.4, 0.5) is 0 Å². The number of esters is 1. The molecule has 132 valence electrons. The molecular formula is C20H17BrN2O3. The SMILES string of the molecule is Cc1cc(C(=O)COC(=O)c2ccncc2)c(C)n1-c1ccc(Br)cc1. The van der Waals surface area contributed by atoms with Crippen molar-refractivity contribution in [2.45, 2.75) is 13.8 Å². The topological polar surface area (TPSA) is 61.2 Å². The van der Waals surface area contributed by atoms with E-state index in [1.165, 1.54) is 12.4 Å². The second-order valence-electron chi connectivity index (χ2n) is 5.83. The number of halogens is 1. The Morgan fingerprint density at radius 1 is 1.08 bits per heavy atom. The molecule has 2 aromatic heterocycles. The van der Waals surface area contributed by atoms with Crippen molar-refractivity contribution in [2.24, 2.45) is 0 Å². The van der Waals surface area contributed by atoms with Crippen molar-refractivity contribution in [3.63, 3.8) is 0 Å². The summed E-state index contributed by atoms with van der Waals surface area (Å²) in [6.45, 7) is 3.52. The highest BCUT2D eigenvalue weighted by Crippen LogP contribution is 2.23. The Kier molecular flexibility index (Phi) is 5.32. The van der Waals surface area contributed by atoms with Gasteiger partial charge in [-0.05, 0) is 56.3 Å². The number of pyridine rings is 1. The van der Waals surface area contributed by atoms with Gasteiger partial charge in [-0.15, -0.1) is 0 Å². The predicted molar refractivity (Wildman–Crippen MR) is 102 cm³/mol. The first kappa shape index (κ1) is 18.1. The third-order valence-electron chi connectivity index (χ3n) is 4.07. The summed E-state index contributed by atoms with van der Waals surface area (Å²) in [6.07, 6.45) is 3.01. The fraction of sp³-hybridized carbons (Fsp3) is 0.150. The van der Waals surface area contributed by atoms with Crippen molar-refractivity contribution >= 4 is 27.7 Å². The van der Waals surface area contributed by atoms with Gasteiger partial charge in [0.25, 0.3) is 0 Å². The third kappa shape index (κ3) is 3.75. The second-order valence-corrected chi connectivity index (χ2v) is 6.75. The summed E-state index contributed by atoms with van der Waals surface area (Å²) in [5, 5.41) is 0. The highest BCUT2D eigenvalue weighted by molar-refractivity contribution is 9.10. The van der Waals surface area contributed by atoms with Gasteiger partial charge in [-0.3, -0.25) is 9.78 Å². The Bertz CT molecular complexity index is 947. The average molecular weight is 413 g/mol. The summed E-state index contributed by atoms with van der Waals surface area (Å²) < 4.78 is 8.13. The fourth-order valence-corrected chi connectivity index (χ4v) is 3.08. The molecule has 2 heterocycles. The molecule has 5 nitrogen and oxygen atoms in total. The number of aromatic nitrogens is 2. The maximum Gasteiger partial charge on any atom is 0.338 e. The van der Waals surface area contributed by atoms with Crippen LogP contribution in [0.25, 0.3) is 5.69 Å². The first-order valence-electron chi connectivity index (χ1n) is 8.02. The minimum atomic E-state index is -0.539. The van der Waals surface area contributed by atoms with E-state index < -0.39 is 5.97 Å². The van der Waals surface area contributed by atoms with Crippen molar-refractivity contribution < 1.29 is 14.3 Å². The maximum absolute atomic E-state index is 12.5. The molecule has 0 amide bonds. The standard InChI is InChI=1S/C20H17BrN2O3/c1-13-11-18(14(2)23(13)17-5-3-16(21)4-6-17)19(24)12-26-20(25)15-7-9-22-10-8-15/h3-11H,12H2,1-2H3. The van der Waals surface area contributed by atoms with Crippen LogP contribution in [0, 0.1) is 13.8 Å². The number of rotatable bonds is 5. The molecule has 0 spiro atoms. The molecule has 0 saturated carbocycles. The number of nitrogens with zero attached hydrogens (tertiary/aromatic N) is 2. The lowest BCUT2D eigenvalue weighted by Crippen LogP contribution is -2.15. The van der Waals surface area contributed by atoms with Gasteiger partial charge in [0.05, 0.1) is 5.56 Å². The molecule has 26 heavy (non-hydrogen) atoms. The molecule has 6 heteroatoms. The smallest absolute Gasteiger partial charge is 0.338 e. The van der Waals surface area contributed by atoms with E-state index in [9.17, 15) is 9.59 Å². The van der Waals surface area contributed by atoms with Gasteiger partial charge in [0.15, 0.2) is 6.61 Å². The molecule has 0 fully saturated rings.